The van der Waals surface area contributed by atoms with Crippen molar-refractivity contribution in [2.24, 2.45) is 11.8 Å². The lowest BCUT2D eigenvalue weighted by Gasteiger charge is -2.50. The molecule has 0 aliphatic carbocycles. The van der Waals surface area contributed by atoms with E-state index in [4.69, 9.17) is 8.83 Å². The van der Waals surface area contributed by atoms with E-state index < -0.39 is 0 Å². The normalized spacial score (nSPS) is 25.2. The van der Waals surface area contributed by atoms with E-state index in [1.54, 1.807) is 0 Å². The van der Waals surface area contributed by atoms with Crippen molar-refractivity contribution >= 4 is 21.9 Å². The highest BCUT2D eigenvalue weighted by atomic mass is 16.3. The molecule has 0 saturated carbocycles. The van der Waals surface area contributed by atoms with Gasteiger partial charge in [0.15, 0.2) is 0 Å². The number of hydrogen-bond donors (Lipinski definition) is 0. The van der Waals surface area contributed by atoms with Gasteiger partial charge in [-0.2, -0.15) is 0 Å². The molecule has 2 bridgehead atoms. The summed E-state index contributed by atoms with van der Waals surface area (Å²) in [5.41, 5.74) is 1.92. The van der Waals surface area contributed by atoms with E-state index in [1.165, 1.54) is 30.2 Å². The number of hydrogen-bond acceptors (Lipinski definition) is 4. The summed E-state index contributed by atoms with van der Waals surface area (Å²) in [6.45, 7) is 9.04. The van der Waals surface area contributed by atoms with Crippen molar-refractivity contribution in [1.29, 1.82) is 0 Å². The molecule has 2 aromatic heterocycles. The van der Waals surface area contributed by atoms with E-state index in [-0.39, 0.29) is 0 Å². The Hall–Kier alpha value is -2.82. The summed E-state index contributed by atoms with van der Waals surface area (Å²) in [4.78, 5) is 5.18. The van der Waals surface area contributed by atoms with Crippen LogP contribution in [0.15, 0.2) is 82.2 Å². The number of para-hydroxylation sites is 2. The number of benzene rings is 2. The molecule has 3 aliphatic rings. The van der Waals surface area contributed by atoms with Crippen molar-refractivity contribution in [1.82, 2.24) is 9.80 Å². The van der Waals surface area contributed by atoms with E-state index in [2.05, 4.69) is 58.9 Å². The maximum Gasteiger partial charge on any atom is 0.134 e. The maximum absolute atomic E-state index is 6.18. The van der Waals surface area contributed by atoms with Gasteiger partial charge in [0, 0.05) is 29.9 Å². The molecule has 7 rings (SSSR count). The molecule has 3 aliphatic heterocycles. The van der Waals surface area contributed by atoms with E-state index in [0.29, 0.717) is 12.0 Å². The van der Waals surface area contributed by atoms with Gasteiger partial charge in [-0.15, -0.1) is 6.58 Å². The second kappa shape index (κ2) is 8.27. The lowest BCUT2D eigenvalue weighted by Crippen LogP contribution is -2.56. The quantitative estimate of drug-likeness (QED) is 0.335. The van der Waals surface area contributed by atoms with Crippen LogP contribution < -0.4 is 0 Å². The second-order valence-corrected chi connectivity index (χ2v) is 9.50. The van der Waals surface area contributed by atoms with E-state index in [9.17, 15) is 0 Å². The Bertz CT molecular complexity index is 1100. The molecule has 0 amide bonds. The van der Waals surface area contributed by atoms with Gasteiger partial charge in [0.05, 0.1) is 13.1 Å². The predicted molar refractivity (Wildman–Crippen MR) is 128 cm³/mol. The SMILES string of the molecule is C=C[C@H]1CN2CC[C@H]1C[C@@H]2CN(Cc1cc2ccccc2o1)Cc1cc2ccccc2o1. The molecule has 3 fully saturated rings. The summed E-state index contributed by atoms with van der Waals surface area (Å²) in [5.74, 6) is 3.46. The average molecular weight is 427 g/mol. The van der Waals surface area contributed by atoms with E-state index in [0.717, 1.165) is 54.8 Å². The van der Waals surface area contributed by atoms with Crippen molar-refractivity contribution in [3.63, 3.8) is 0 Å². The topological polar surface area (TPSA) is 32.8 Å². The number of fused-ring (bicyclic) bond motifs is 5. The molecule has 1 unspecified atom stereocenters. The summed E-state index contributed by atoms with van der Waals surface area (Å²) in [6.07, 6.45) is 4.74. The van der Waals surface area contributed by atoms with Crippen LogP contribution in [0, 0.1) is 11.8 Å². The lowest BCUT2D eigenvalue weighted by atomic mass is 9.75. The first-order chi connectivity index (χ1) is 15.7. The number of rotatable bonds is 7. The van der Waals surface area contributed by atoms with Crippen LogP contribution in [0.3, 0.4) is 0 Å². The molecular formula is C28H30N2O2. The van der Waals surface area contributed by atoms with Gasteiger partial charge < -0.3 is 8.83 Å². The van der Waals surface area contributed by atoms with Gasteiger partial charge in [0.25, 0.3) is 0 Å². The first-order valence-corrected chi connectivity index (χ1v) is 11.8. The molecule has 4 atom stereocenters. The summed E-state index contributed by atoms with van der Waals surface area (Å²) >= 11 is 0. The zero-order chi connectivity index (χ0) is 21.5. The fourth-order valence-electron chi connectivity index (χ4n) is 5.79. The molecule has 4 aromatic rings. The van der Waals surface area contributed by atoms with Gasteiger partial charge in [-0.25, -0.2) is 0 Å². The van der Waals surface area contributed by atoms with Crippen LogP contribution in [0.1, 0.15) is 24.4 Å². The molecule has 0 radical (unpaired) electrons. The van der Waals surface area contributed by atoms with Gasteiger partial charge >= 0.3 is 0 Å². The Balaban J connectivity index is 1.25. The maximum atomic E-state index is 6.18. The van der Waals surface area contributed by atoms with Gasteiger partial charge in [0.2, 0.25) is 0 Å². The van der Waals surface area contributed by atoms with Gasteiger partial charge in [-0.1, -0.05) is 42.5 Å². The monoisotopic (exact) mass is 426 g/mol. The molecule has 4 heteroatoms. The van der Waals surface area contributed by atoms with Crippen LogP contribution in [0.25, 0.3) is 21.9 Å². The summed E-state index contributed by atoms with van der Waals surface area (Å²) in [7, 11) is 0. The molecule has 4 nitrogen and oxygen atoms in total. The highest BCUT2D eigenvalue weighted by Gasteiger charge is 2.39. The molecule has 32 heavy (non-hydrogen) atoms. The Kier molecular flexibility index (Phi) is 5.12. The van der Waals surface area contributed by atoms with Crippen molar-refractivity contribution in [2.45, 2.75) is 32.0 Å². The van der Waals surface area contributed by atoms with Crippen LogP contribution in [0.2, 0.25) is 0 Å². The number of piperidine rings is 3. The smallest absolute Gasteiger partial charge is 0.134 e. The van der Waals surface area contributed by atoms with Crippen LogP contribution in [0.5, 0.6) is 0 Å². The third-order valence-electron chi connectivity index (χ3n) is 7.41. The predicted octanol–water partition coefficient (Wildman–Crippen LogP) is 6.08. The number of nitrogens with zero attached hydrogens (tertiary/aromatic N) is 2. The van der Waals surface area contributed by atoms with Crippen molar-refractivity contribution in [2.75, 3.05) is 19.6 Å². The highest BCUT2D eigenvalue weighted by Crippen LogP contribution is 2.37. The van der Waals surface area contributed by atoms with Gasteiger partial charge in [-0.05, 0) is 55.5 Å². The van der Waals surface area contributed by atoms with Gasteiger partial charge in [0.1, 0.15) is 22.7 Å². The zero-order valence-electron chi connectivity index (χ0n) is 18.5. The molecular weight excluding hydrogens is 396 g/mol. The van der Waals surface area contributed by atoms with E-state index in [1.807, 2.05) is 24.3 Å². The highest BCUT2D eigenvalue weighted by molar-refractivity contribution is 5.78. The second-order valence-electron chi connectivity index (χ2n) is 9.50. The van der Waals surface area contributed by atoms with Crippen molar-refractivity contribution < 1.29 is 8.83 Å². The Morgan fingerprint density at radius 3 is 2.09 bits per heavy atom. The van der Waals surface area contributed by atoms with Crippen LogP contribution in [0.4, 0.5) is 0 Å². The third-order valence-corrected chi connectivity index (χ3v) is 7.41. The molecule has 2 aromatic carbocycles. The van der Waals surface area contributed by atoms with E-state index >= 15 is 0 Å². The van der Waals surface area contributed by atoms with Crippen molar-refractivity contribution in [3.8, 4) is 0 Å². The summed E-state index contributed by atoms with van der Waals surface area (Å²) in [5, 5.41) is 2.33. The van der Waals surface area contributed by atoms with Gasteiger partial charge in [-0.3, -0.25) is 9.80 Å². The Morgan fingerprint density at radius 1 is 0.938 bits per heavy atom. The standard InChI is InChI=1S/C28H30N2O2/c1-2-20-16-30-12-11-21(20)13-24(30)17-29(18-25-14-22-7-3-5-9-27(22)31-25)19-26-15-23-8-4-6-10-28(23)32-26/h2-10,14-15,20-21,24H,1,11-13,16-19H2/t20-,21-,24+/m0/s1. The van der Waals surface area contributed by atoms with Crippen LogP contribution in [-0.2, 0) is 13.1 Å². The van der Waals surface area contributed by atoms with Crippen LogP contribution in [-0.4, -0.2) is 35.5 Å². The first-order valence-electron chi connectivity index (χ1n) is 11.8. The summed E-state index contributed by atoms with van der Waals surface area (Å²) in [6, 6.07) is 21.5. The minimum atomic E-state index is 0.582. The summed E-state index contributed by atoms with van der Waals surface area (Å²) < 4.78 is 12.4. The molecule has 0 spiro atoms. The van der Waals surface area contributed by atoms with Crippen molar-refractivity contribution in [3.05, 3.63) is 84.8 Å². The molecule has 5 heterocycles. The fourth-order valence-corrected chi connectivity index (χ4v) is 5.79. The molecule has 164 valence electrons. The molecule has 3 saturated heterocycles. The largest absolute Gasteiger partial charge is 0.460 e. The Morgan fingerprint density at radius 2 is 1.56 bits per heavy atom. The average Bonchev–Trinajstić information content (AvgIpc) is 3.42. The number of furan rings is 2. The minimum absolute atomic E-state index is 0.582. The van der Waals surface area contributed by atoms with Crippen LogP contribution >= 0.6 is 0 Å². The zero-order valence-corrected chi connectivity index (χ0v) is 18.5. The third kappa shape index (κ3) is 3.78. The minimum Gasteiger partial charge on any atom is -0.460 e. The molecule has 0 N–H and O–H groups in total. The fraction of sp³-hybridized carbons (Fsp3) is 0.357. The lowest BCUT2D eigenvalue weighted by molar-refractivity contribution is -0.00149. The Labute approximate surface area is 189 Å². The first kappa shape index (κ1) is 19.8.